The summed E-state index contributed by atoms with van der Waals surface area (Å²) in [6, 6.07) is 11.3. The van der Waals surface area contributed by atoms with E-state index in [2.05, 4.69) is 20.5 Å². The van der Waals surface area contributed by atoms with Gasteiger partial charge in [0.05, 0.1) is 0 Å². The van der Waals surface area contributed by atoms with Gasteiger partial charge in [0, 0.05) is 41.3 Å². The van der Waals surface area contributed by atoms with E-state index in [1.807, 2.05) is 36.5 Å². The van der Waals surface area contributed by atoms with Crippen molar-refractivity contribution >= 4 is 29.1 Å². The molecule has 2 heterocycles. The Balaban J connectivity index is 1.61. The maximum absolute atomic E-state index is 11.7. The number of para-hydroxylation sites is 1. The van der Waals surface area contributed by atoms with Crippen LogP contribution in [0.4, 0.5) is 0 Å². The molecule has 0 aliphatic carbocycles. The third-order valence-electron chi connectivity index (χ3n) is 3.17. The second kappa shape index (κ2) is 6.49. The van der Waals surface area contributed by atoms with Crippen LogP contribution in [-0.2, 0) is 0 Å². The minimum Gasteiger partial charge on any atom is -0.361 e. The van der Waals surface area contributed by atoms with Crippen molar-refractivity contribution in [2.75, 3.05) is 0 Å². The van der Waals surface area contributed by atoms with E-state index in [0.29, 0.717) is 5.56 Å². The van der Waals surface area contributed by atoms with Crippen LogP contribution >= 0.6 is 0 Å². The number of nitrogens with one attached hydrogen (secondary N) is 2. The molecule has 0 bridgehead atoms. The first-order valence-electron chi connectivity index (χ1n) is 6.81. The third-order valence-corrected chi connectivity index (χ3v) is 3.17. The van der Waals surface area contributed by atoms with Crippen molar-refractivity contribution in [1.82, 2.24) is 15.4 Å². The molecule has 0 radical (unpaired) electrons. The summed E-state index contributed by atoms with van der Waals surface area (Å²) in [5.74, 6) is -0.265. The molecule has 0 aliphatic heterocycles. The fourth-order valence-corrected chi connectivity index (χ4v) is 2.09. The fourth-order valence-electron chi connectivity index (χ4n) is 2.09. The number of H-pyrrole nitrogens is 1. The number of amides is 1. The number of carbonyl (C=O) groups excluding carboxylic acids is 1. The monoisotopic (exact) mass is 290 g/mol. The zero-order valence-electron chi connectivity index (χ0n) is 11.7. The molecular weight excluding hydrogens is 276 g/mol. The van der Waals surface area contributed by atoms with Gasteiger partial charge in [0.1, 0.15) is 0 Å². The van der Waals surface area contributed by atoms with E-state index >= 15 is 0 Å². The van der Waals surface area contributed by atoms with Crippen molar-refractivity contribution in [1.29, 1.82) is 0 Å². The first kappa shape index (κ1) is 13.8. The smallest absolute Gasteiger partial charge is 0.271 e. The Morgan fingerprint density at radius 1 is 1.18 bits per heavy atom. The number of hydrogen-bond acceptors (Lipinski definition) is 3. The summed E-state index contributed by atoms with van der Waals surface area (Å²) in [5, 5.41) is 5.03. The zero-order valence-corrected chi connectivity index (χ0v) is 11.7. The Morgan fingerprint density at radius 3 is 2.86 bits per heavy atom. The number of aromatic nitrogens is 2. The summed E-state index contributed by atoms with van der Waals surface area (Å²) in [4.78, 5) is 18.8. The Bertz CT molecular complexity index is 834. The van der Waals surface area contributed by atoms with Crippen LogP contribution < -0.4 is 5.43 Å². The van der Waals surface area contributed by atoms with Gasteiger partial charge in [-0.25, -0.2) is 5.43 Å². The Morgan fingerprint density at radius 2 is 2.00 bits per heavy atom. The molecule has 108 valence electrons. The van der Waals surface area contributed by atoms with Gasteiger partial charge >= 0.3 is 0 Å². The van der Waals surface area contributed by atoms with Crippen molar-refractivity contribution in [2.24, 2.45) is 5.10 Å². The van der Waals surface area contributed by atoms with Crippen LogP contribution in [0.25, 0.3) is 17.0 Å². The number of aromatic amines is 1. The summed E-state index contributed by atoms with van der Waals surface area (Å²) in [7, 11) is 0. The molecule has 3 rings (SSSR count). The minimum atomic E-state index is -0.265. The van der Waals surface area contributed by atoms with Crippen LogP contribution in [0.2, 0.25) is 0 Å². The van der Waals surface area contributed by atoms with E-state index in [4.69, 9.17) is 0 Å². The van der Waals surface area contributed by atoms with Crippen LogP contribution in [0.15, 0.2) is 66.2 Å². The Kier molecular flexibility index (Phi) is 4.06. The van der Waals surface area contributed by atoms with Crippen molar-refractivity contribution in [3.8, 4) is 0 Å². The van der Waals surface area contributed by atoms with Gasteiger partial charge in [-0.3, -0.25) is 9.78 Å². The number of carbonyl (C=O) groups is 1. The normalized spacial score (nSPS) is 11.5. The number of benzene rings is 1. The second-order valence-corrected chi connectivity index (χ2v) is 4.60. The quantitative estimate of drug-likeness (QED) is 0.573. The molecule has 0 unspecified atom stereocenters. The van der Waals surface area contributed by atoms with Crippen LogP contribution in [-0.4, -0.2) is 22.1 Å². The molecule has 1 amide bonds. The predicted molar refractivity (Wildman–Crippen MR) is 87.5 cm³/mol. The molecule has 0 saturated carbocycles. The van der Waals surface area contributed by atoms with E-state index in [0.717, 1.165) is 16.5 Å². The highest BCUT2D eigenvalue weighted by Crippen LogP contribution is 2.18. The molecule has 0 spiro atoms. The average molecular weight is 290 g/mol. The summed E-state index contributed by atoms with van der Waals surface area (Å²) in [6.45, 7) is 0. The Labute approximate surface area is 127 Å². The number of pyridine rings is 1. The minimum absolute atomic E-state index is 0.265. The van der Waals surface area contributed by atoms with Gasteiger partial charge in [-0.15, -0.1) is 0 Å². The molecule has 22 heavy (non-hydrogen) atoms. The second-order valence-electron chi connectivity index (χ2n) is 4.60. The topological polar surface area (TPSA) is 70.1 Å². The predicted octanol–water partition coefficient (Wildman–Crippen LogP) is 2.99. The molecule has 5 nitrogen and oxygen atoms in total. The molecule has 0 saturated heterocycles. The standard InChI is InChI=1S/C17H14N4O/c22-17(13-7-10-18-11-8-13)21-20-9-3-4-14-12-19-16-6-2-1-5-15(14)16/h1-12,19H,(H,21,22)/b4-3+,20-9-. The van der Waals surface area contributed by atoms with Gasteiger partial charge in [-0.1, -0.05) is 24.3 Å². The van der Waals surface area contributed by atoms with Crippen molar-refractivity contribution in [3.05, 3.63) is 72.2 Å². The van der Waals surface area contributed by atoms with E-state index in [1.165, 1.54) is 0 Å². The van der Waals surface area contributed by atoms with Gasteiger partial charge in [-0.05, 0) is 29.8 Å². The van der Waals surface area contributed by atoms with Crippen molar-refractivity contribution in [2.45, 2.75) is 0 Å². The largest absolute Gasteiger partial charge is 0.361 e. The third kappa shape index (κ3) is 3.09. The lowest BCUT2D eigenvalue weighted by molar-refractivity contribution is 0.0955. The number of hydrazone groups is 1. The molecule has 1 aromatic carbocycles. The van der Waals surface area contributed by atoms with Gasteiger partial charge in [-0.2, -0.15) is 5.10 Å². The molecule has 0 aliphatic rings. The van der Waals surface area contributed by atoms with E-state index in [9.17, 15) is 4.79 Å². The number of nitrogens with zero attached hydrogens (tertiary/aromatic N) is 2. The molecule has 2 N–H and O–H groups in total. The van der Waals surface area contributed by atoms with E-state index < -0.39 is 0 Å². The van der Waals surface area contributed by atoms with Crippen molar-refractivity contribution < 1.29 is 4.79 Å². The average Bonchev–Trinajstić information content (AvgIpc) is 2.98. The first-order chi connectivity index (χ1) is 10.8. The lowest BCUT2D eigenvalue weighted by Gasteiger charge is -1.97. The molecule has 2 aromatic heterocycles. The van der Waals surface area contributed by atoms with E-state index in [1.54, 1.807) is 36.8 Å². The zero-order chi connectivity index (χ0) is 15.2. The van der Waals surface area contributed by atoms with Gasteiger partial charge in [0.15, 0.2) is 0 Å². The van der Waals surface area contributed by atoms with Crippen LogP contribution in [0.3, 0.4) is 0 Å². The lowest BCUT2D eigenvalue weighted by atomic mass is 10.2. The van der Waals surface area contributed by atoms with Crippen LogP contribution in [0.1, 0.15) is 15.9 Å². The molecule has 3 aromatic rings. The fraction of sp³-hybridized carbons (Fsp3) is 0. The number of allylic oxidation sites excluding steroid dienone is 1. The highest BCUT2D eigenvalue weighted by Gasteiger charge is 2.01. The maximum atomic E-state index is 11.7. The van der Waals surface area contributed by atoms with Gasteiger partial charge in [0.25, 0.3) is 5.91 Å². The lowest BCUT2D eigenvalue weighted by Crippen LogP contribution is -2.17. The van der Waals surface area contributed by atoms with E-state index in [-0.39, 0.29) is 5.91 Å². The van der Waals surface area contributed by atoms with Crippen LogP contribution in [0, 0.1) is 0 Å². The summed E-state index contributed by atoms with van der Waals surface area (Å²) in [5.41, 5.74) is 5.14. The highest BCUT2D eigenvalue weighted by atomic mass is 16.2. The number of hydrogen-bond donors (Lipinski definition) is 2. The highest BCUT2D eigenvalue weighted by molar-refractivity contribution is 5.95. The SMILES string of the molecule is O=C(N/N=C\C=C\c1c[nH]c2ccccc12)c1ccncc1. The molecule has 0 atom stereocenters. The van der Waals surface area contributed by atoms with Gasteiger partial charge < -0.3 is 4.98 Å². The van der Waals surface area contributed by atoms with Crippen LogP contribution in [0.5, 0.6) is 0 Å². The summed E-state index contributed by atoms with van der Waals surface area (Å²) >= 11 is 0. The number of fused-ring (bicyclic) bond motifs is 1. The maximum Gasteiger partial charge on any atom is 0.271 e. The molecular formula is C17H14N4O. The molecule has 5 heteroatoms. The summed E-state index contributed by atoms with van der Waals surface area (Å²) < 4.78 is 0. The molecule has 0 fully saturated rings. The van der Waals surface area contributed by atoms with Gasteiger partial charge in [0.2, 0.25) is 0 Å². The van der Waals surface area contributed by atoms with Crippen molar-refractivity contribution in [3.63, 3.8) is 0 Å². The summed E-state index contributed by atoms with van der Waals surface area (Å²) in [6.07, 6.45) is 10.3. The Hall–Kier alpha value is -3.21. The first-order valence-corrected chi connectivity index (χ1v) is 6.81. The number of rotatable bonds is 4.